The zero-order valence-corrected chi connectivity index (χ0v) is 10.3. The lowest BCUT2D eigenvalue weighted by Crippen LogP contribution is -2.00. The summed E-state index contributed by atoms with van der Waals surface area (Å²) in [6.45, 7) is 1.96. The molecule has 2 aromatic heterocycles. The SMILES string of the molecule is Cc1cnc(-c2nc(=S)c3c([nH]2)CCC3)nc1. The van der Waals surface area contributed by atoms with E-state index in [1.54, 1.807) is 12.4 Å². The smallest absolute Gasteiger partial charge is 0.195 e. The second kappa shape index (κ2) is 4.00. The average Bonchev–Trinajstić information content (AvgIpc) is 2.78. The van der Waals surface area contributed by atoms with Gasteiger partial charge in [0.15, 0.2) is 11.6 Å². The van der Waals surface area contributed by atoms with E-state index in [0.717, 1.165) is 24.8 Å². The van der Waals surface area contributed by atoms with Crippen LogP contribution in [0.2, 0.25) is 0 Å². The molecular weight excluding hydrogens is 232 g/mol. The first kappa shape index (κ1) is 10.5. The number of nitrogens with zero attached hydrogens (tertiary/aromatic N) is 3. The van der Waals surface area contributed by atoms with Crippen molar-refractivity contribution in [3.8, 4) is 11.6 Å². The molecular formula is C12H12N4S. The molecule has 0 aromatic carbocycles. The molecule has 4 nitrogen and oxygen atoms in total. The molecule has 0 unspecified atom stereocenters. The van der Waals surface area contributed by atoms with Gasteiger partial charge >= 0.3 is 0 Å². The fourth-order valence-electron chi connectivity index (χ4n) is 2.08. The Bertz CT molecular complexity index is 615. The summed E-state index contributed by atoms with van der Waals surface area (Å²) in [4.78, 5) is 16.2. The topological polar surface area (TPSA) is 54.5 Å². The van der Waals surface area contributed by atoms with Gasteiger partial charge in [-0.05, 0) is 31.7 Å². The zero-order valence-electron chi connectivity index (χ0n) is 9.53. The van der Waals surface area contributed by atoms with Crippen LogP contribution in [0.15, 0.2) is 12.4 Å². The molecule has 0 radical (unpaired) electrons. The Morgan fingerprint density at radius 3 is 2.76 bits per heavy atom. The van der Waals surface area contributed by atoms with Crippen LogP contribution < -0.4 is 0 Å². The van der Waals surface area contributed by atoms with Crippen molar-refractivity contribution in [1.82, 2.24) is 19.9 Å². The van der Waals surface area contributed by atoms with Gasteiger partial charge in [-0.15, -0.1) is 0 Å². The maximum atomic E-state index is 5.31. The molecule has 0 spiro atoms. The first-order chi connectivity index (χ1) is 8.24. The normalized spacial score (nSPS) is 13.7. The Morgan fingerprint density at radius 1 is 1.24 bits per heavy atom. The lowest BCUT2D eigenvalue weighted by Gasteiger charge is -2.04. The third kappa shape index (κ3) is 1.86. The summed E-state index contributed by atoms with van der Waals surface area (Å²) < 4.78 is 0.690. The molecule has 0 saturated carbocycles. The molecule has 86 valence electrons. The van der Waals surface area contributed by atoms with E-state index in [-0.39, 0.29) is 0 Å². The van der Waals surface area contributed by atoms with Crippen LogP contribution in [0.4, 0.5) is 0 Å². The highest BCUT2D eigenvalue weighted by atomic mass is 32.1. The van der Waals surface area contributed by atoms with Crippen molar-refractivity contribution < 1.29 is 0 Å². The molecule has 0 amide bonds. The largest absolute Gasteiger partial charge is 0.340 e. The van der Waals surface area contributed by atoms with Gasteiger partial charge in [-0.3, -0.25) is 0 Å². The number of aryl methyl sites for hydroxylation is 2. The summed E-state index contributed by atoms with van der Waals surface area (Å²) in [6.07, 6.45) is 6.80. The molecule has 0 bridgehead atoms. The number of hydrogen-bond acceptors (Lipinski definition) is 4. The van der Waals surface area contributed by atoms with E-state index in [9.17, 15) is 0 Å². The molecule has 3 rings (SSSR count). The molecule has 5 heteroatoms. The minimum absolute atomic E-state index is 0.608. The average molecular weight is 244 g/mol. The van der Waals surface area contributed by atoms with E-state index in [1.807, 2.05) is 6.92 Å². The van der Waals surface area contributed by atoms with Gasteiger partial charge in [0, 0.05) is 23.7 Å². The first-order valence-electron chi connectivity index (χ1n) is 5.65. The number of rotatable bonds is 1. The number of aromatic nitrogens is 4. The predicted octanol–water partition coefficient (Wildman–Crippen LogP) is 2.39. The highest BCUT2D eigenvalue weighted by Gasteiger charge is 2.16. The molecule has 1 N–H and O–H groups in total. The molecule has 0 saturated heterocycles. The number of H-pyrrole nitrogens is 1. The Kier molecular flexibility index (Phi) is 2.48. The van der Waals surface area contributed by atoms with Crippen LogP contribution >= 0.6 is 12.2 Å². The van der Waals surface area contributed by atoms with Crippen LogP contribution in [-0.2, 0) is 12.8 Å². The van der Waals surface area contributed by atoms with Crippen LogP contribution in [0.5, 0.6) is 0 Å². The molecule has 0 fully saturated rings. The van der Waals surface area contributed by atoms with Crippen molar-refractivity contribution in [2.24, 2.45) is 0 Å². The van der Waals surface area contributed by atoms with Crippen molar-refractivity contribution in [3.05, 3.63) is 33.9 Å². The Morgan fingerprint density at radius 2 is 2.00 bits per heavy atom. The fourth-order valence-corrected chi connectivity index (χ4v) is 2.39. The molecule has 1 aliphatic carbocycles. The van der Waals surface area contributed by atoms with Crippen molar-refractivity contribution in [2.45, 2.75) is 26.2 Å². The van der Waals surface area contributed by atoms with Crippen LogP contribution in [-0.4, -0.2) is 19.9 Å². The van der Waals surface area contributed by atoms with Gasteiger partial charge < -0.3 is 4.98 Å². The molecule has 2 aromatic rings. The van der Waals surface area contributed by atoms with Gasteiger partial charge in [0.2, 0.25) is 0 Å². The van der Waals surface area contributed by atoms with Crippen molar-refractivity contribution in [2.75, 3.05) is 0 Å². The highest BCUT2D eigenvalue weighted by Crippen LogP contribution is 2.22. The van der Waals surface area contributed by atoms with Crippen molar-refractivity contribution >= 4 is 12.2 Å². The molecule has 0 aliphatic heterocycles. The monoisotopic (exact) mass is 244 g/mol. The summed E-state index contributed by atoms with van der Waals surface area (Å²) >= 11 is 5.31. The van der Waals surface area contributed by atoms with E-state index in [0.29, 0.717) is 16.3 Å². The van der Waals surface area contributed by atoms with E-state index in [4.69, 9.17) is 12.2 Å². The van der Waals surface area contributed by atoms with E-state index in [2.05, 4.69) is 19.9 Å². The van der Waals surface area contributed by atoms with Crippen molar-refractivity contribution in [3.63, 3.8) is 0 Å². The number of aromatic amines is 1. The Labute approximate surface area is 104 Å². The second-order valence-corrected chi connectivity index (χ2v) is 4.67. The number of hydrogen-bond donors (Lipinski definition) is 1. The minimum atomic E-state index is 0.608. The number of nitrogens with one attached hydrogen (secondary N) is 1. The van der Waals surface area contributed by atoms with Crippen LogP contribution in [0.25, 0.3) is 11.6 Å². The highest BCUT2D eigenvalue weighted by molar-refractivity contribution is 7.71. The van der Waals surface area contributed by atoms with Gasteiger partial charge in [-0.2, -0.15) is 0 Å². The fraction of sp³-hybridized carbons (Fsp3) is 0.333. The molecule has 1 aliphatic rings. The van der Waals surface area contributed by atoms with Crippen LogP contribution in [0.1, 0.15) is 23.2 Å². The summed E-state index contributed by atoms with van der Waals surface area (Å²) in [5.74, 6) is 1.28. The van der Waals surface area contributed by atoms with Crippen molar-refractivity contribution in [1.29, 1.82) is 0 Å². The summed E-state index contributed by atoms with van der Waals surface area (Å²) in [5.41, 5.74) is 3.42. The van der Waals surface area contributed by atoms with Gasteiger partial charge in [-0.1, -0.05) is 12.2 Å². The molecule has 2 heterocycles. The van der Waals surface area contributed by atoms with E-state index in [1.165, 1.54) is 11.3 Å². The van der Waals surface area contributed by atoms with E-state index < -0.39 is 0 Å². The summed E-state index contributed by atoms with van der Waals surface area (Å²) in [6, 6.07) is 0. The minimum Gasteiger partial charge on any atom is -0.340 e. The van der Waals surface area contributed by atoms with Gasteiger partial charge in [0.25, 0.3) is 0 Å². The maximum absolute atomic E-state index is 5.31. The molecule has 0 atom stereocenters. The first-order valence-corrected chi connectivity index (χ1v) is 6.06. The number of fused-ring (bicyclic) bond motifs is 1. The standard InChI is InChI=1S/C12H12N4S/c1-7-5-13-10(14-6-7)11-15-9-4-2-3-8(9)12(17)16-11/h5-6H,2-4H2,1H3,(H,15,16,17). The Balaban J connectivity index is 2.13. The summed E-state index contributed by atoms with van der Waals surface area (Å²) in [7, 11) is 0. The quantitative estimate of drug-likeness (QED) is 0.783. The Hall–Kier alpha value is -1.62. The molecule has 17 heavy (non-hydrogen) atoms. The predicted molar refractivity (Wildman–Crippen MR) is 67.2 cm³/mol. The van der Waals surface area contributed by atoms with Gasteiger partial charge in [0.1, 0.15) is 4.64 Å². The van der Waals surface area contributed by atoms with Crippen LogP contribution in [0.3, 0.4) is 0 Å². The lowest BCUT2D eigenvalue weighted by atomic mass is 10.2. The van der Waals surface area contributed by atoms with E-state index >= 15 is 0 Å². The second-order valence-electron chi connectivity index (χ2n) is 4.29. The van der Waals surface area contributed by atoms with Gasteiger partial charge in [0.05, 0.1) is 0 Å². The summed E-state index contributed by atoms with van der Waals surface area (Å²) in [5, 5.41) is 0. The lowest BCUT2D eigenvalue weighted by molar-refractivity contribution is 0.898. The van der Waals surface area contributed by atoms with Crippen LogP contribution in [0, 0.1) is 11.6 Å². The third-order valence-electron chi connectivity index (χ3n) is 2.95. The van der Waals surface area contributed by atoms with Gasteiger partial charge in [-0.25, -0.2) is 15.0 Å². The zero-order chi connectivity index (χ0) is 11.8. The third-order valence-corrected chi connectivity index (χ3v) is 3.29. The maximum Gasteiger partial charge on any atom is 0.195 e.